The summed E-state index contributed by atoms with van der Waals surface area (Å²) in [6.45, 7) is 7.36. The molecule has 3 rings (SSSR count). The molecule has 4 heteroatoms. The lowest BCUT2D eigenvalue weighted by molar-refractivity contribution is -0.114. The first-order chi connectivity index (χ1) is 14.8. The van der Waals surface area contributed by atoms with Gasteiger partial charge < -0.3 is 4.57 Å². The fraction of sp³-hybridized carbons (Fsp3) is 0.259. The summed E-state index contributed by atoms with van der Waals surface area (Å²) in [5, 5.41) is 0. The number of aryl methyl sites for hydroxylation is 4. The molecule has 3 nitrogen and oxygen atoms in total. The SMILES string of the molecule is C=CC(=O)CCc1ccc(Cc2ccc(C)cc2F)c(-c2cc(CC)c(=O)n(C)c2)c1. The summed E-state index contributed by atoms with van der Waals surface area (Å²) in [6.07, 6.45) is 5.24. The normalized spacial score (nSPS) is 10.8. The topological polar surface area (TPSA) is 39.1 Å². The van der Waals surface area contributed by atoms with E-state index < -0.39 is 0 Å². The second-order valence-corrected chi connectivity index (χ2v) is 7.96. The molecule has 0 saturated carbocycles. The van der Waals surface area contributed by atoms with Gasteiger partial charge in [0, 0.05) is 31.6 Å². The van der Waals surface area contributed by atoms with Gasteiger partial charge >= 0.3 is 0 Å². The molecule has 0 aliphatic carbocycles. The highest BCUT2D eigenvalue weighted by molar-refractivity contribution is 5.89. The Hall–Kier alpha value is -3.27. The maximum Gasteiger partial charge on any atom is 0.253 e. The van der Waals surface area contributed by atoms with Gasteiger partial charge in [0.05, 0.1) is 0 Å². The van der Waals surface area contributed by atoms with Gasteiger partial charge in [0.25, 0.3) is 5.56 Å². The van der Waals surface area contributed by atoms with E-state index in [1.165, 1.54) is 6.08 Å². The molecule has 1 aromatic heterocycles. The van der Waals surface area contributed by atoms with Crippen molar-refractivity contribution in [3.05, 3.63) is 105 Å². The van der Waals surface area contributed by atoms with Crippen LogP contribution in [0.1, 0.15) is 41.2 Å². The average Bonchev–Trinajstić information content (AvgIpc) is 2.76. The summed E-state index contributed by atoms with van der Waals surface area (Å²) in [6, 6.07) is 13.2. The second kappa shape index (κ2) is 9.69. The van der Waals surface area contributed by atoms with Crippen molar-refractivity contribution in [1.29, 1.82) is 0 Å². The van der Waals surface area contributed by atoms with Crippen molar-refractivity contribution in [2.24, 2.45) is 7.05 Å². The molecule has 0 amide bonds. The smallest absolute Gasteiger partial charge is 0.253 e. The van der Waals surface area contributed by atoms with Gasteiger partial charge in [0.2, 0.25) is 0 Å². The molecule has 0 fully saturated rings. The van der Waals surface area contributed by atoms with Crippen LogP contribution < -0.4 is 5.56 Å². The van der Waals surface area contributed by atoms with Crippen LogP contribution in [0.5, 0.6) is 0 Å². The standard InChI is InChI=1S/C27H28FNO2/c1-5-20-15-23(17-29(4)27(20)31)25-14-19(9-12-24(30)6-2)8-11-21(25)16-22-10-7-18(3)13-26(22)28/h6-8,10-11,13-15,17H,2,5,9,12,16H2,1,3-4H3. The molecule has 1 heterocycles. The Morgan fingerprint density at radius 2 is 1.84 bits per heavy atom. The summed E-state index contributed by atoms with van der Waals surface area (Å²) in [4.78, 5) is 24.1. The number of halogens is 1. The average molecular weight is 418 g/mol. The van der Waals surface area contributed by atoms with Crippen LogP contribution in [0.25, 0.3) is 11.1 Å². The molecule has 0 spiro atoms. The molecule has 0 bridgehead atoms. The number of ketones is 1. The van der Waals surface area contributed by atoms with E-state index in [0.717, 1.165) is 33.4 Å². The van der Waals surface area contributed by atoms with Crippen molar-refractivity contribution in [3.63, 3.8) is 0 Å². The molecule has 0 N–H and O–H groups in total. The molecule has 0 aliphatic rings. The summed E-state index contributed by atoms with van der Waals surface area (Å²) >= 11 is 0. The minimum Gasteiger partial charge on any atom is -0.318 e. The molecule has 160 valence electrons. The fourth-order valence-electron chi connectivity index (χ4n) is 3.75. The minimum atomic E-state index is -0.221. The van der Waals surface area contributed by atoms with E-state index in [1.54, 1.807) is 17.7 Å². The predicted octanol–water partition coefficient (Wildman–Crippen LogP) is 5.34. The molecule has 3 aromatic rings. The highest BCUT2D eigenvalue weighted by Crippen LogP contribution is 2.29. The third-order valence-corrected chi connectivity index (χ3v) is 5.60. The molecule has 0 saturated heterocycles. The predicted molar refractivity (Wildman–Crippen MR) is 124 cm³/mol. The molecular weight excluding hydrogens is 389 g/mol. The Morgan fingerprint density at radius 3 is 2.52 bits per heavy atom. The van der Waals surface area contributed by atoms with Crippen LogP contribution in [0.3, 0.4) is 0 Å². The third-order valence-electron chi connectivity index (χ3n) is 5.60. The van der Waals surface area contributed by atoms with Crippen molar-refractivity contribution in [2.75, 3.05) is 0 Å². The maximum absolute atomic E-state index is 14.5. The first-order valence-corrected chi connectivity index (χ1v) is 10.5. The van der Waals surface area contributed by atoms with E-state index in [9.17, 15) is 14.0 Å². The molecule has 0 atom stereocenters. The monoisotopic (exact) mass is 417 g/mol. The zero-order valence-electron chi connectivity index (χ0n) is 18.4. The number of rotatable bonds is 8. The maximum atomic E-state index is 14.5. The fourth-order valence-corrected chi connectivity index (χ4v) is 3.75. The van der Waals surface area contributed by atoms with Crippen LogP contribution in [-0.2, 0) is 31.1 Å². The molecule has 2 aromatic carbocycles. The van der Waals surface area contributed by atoms with Gasteiger partial charge in [-0.2, -0.15) is 0 Å². The Kier molecular flexibility index (Phi) is 7.01. The molecule has 0 aliphatic heterocycles. The number of carbonyl (C=O) groups excluding carboxylic acids is 1. The number of allylic oxidation sites excluding steroid dienone is 1. The number of benzene rings is 2. The minimum absolute atomic E-state index is 0.00253. The Labute approximate surface area is 182 Å². The van der Waals surface area contributed by atoms with Gasteiger partial charge in [0.1, 0.15) is 5.82 Å². The van der Waals surface area contributed by atoms with Gasteiger partial charge in [-0.25, -0.2) is 4.39 Å². The Bertz CT molecular complexity index is 1190. The van der Waals surface area contributed by atoms with Gasteiger partial charge in [-0.15, -0.1) is 0 Å². The van der Waals surface area contributed by atoms with E-state index >= 15 is 0 Å². The van der Waals surface area contributed by atoms with Crippen LogP contribution >= 0.6 is 0 Å². The largest absolute Gasteiger partial charge is 0.318 e. The van der Waals surface area contributed by atoms with Gasteiger partial charge in [-0.1, -0.05) is 43.8 Å². The number of carbonyl (C=O) groups is 1. The third kappa shape index (κ3) is 5.26. The van der Waals surface area contributed by atoms with E-state index in [0.29, 0.717) is 31.2 Å². The van der Waals surface area contributed by atoms with E-state index in [-0.39, 0.29) is 17.2 Å². The van der Waals surface area contributed by atoms with E-state index in [1.807, 2.05) is 50.4 Å². The summed E-state index contributed by atoms with van der Waals surface area (Å²) in [5.74, 6) is -0.218. The lowest BCUT2D eigenvalue weighted by atomic mass is 9.91. The van der Waals surface area contributed by atoms with Crippen LogP contribution in [0.2, 0.25) is 0 Å². The van der Waals surface area contributed by atoms with Crippen molar-refractivity contribution in [2.45, 2.75) is 39.5 Å². The molecule has 0 unspecified atom stereocenters. The number of nitrogens with zero attached hydrogens (tertiary/aromatic N) is 1. The summed E-state index contributed by atoms with van der Waals surface area (Å²) in [5.41, 5.74) is 6.10. The van der Waals surface area contributed by atoms with Crippen LogP contribution in [-0.4, -0.2) is 10.4 Å². The Morgan fingerprint density at radius 1 is 1.10 bits per heavy atom. The van der Waals surface area contributed by atoms with Gasteiger partial charge in [0.15, 0.2) is 5.78 Å². The highest BCUT2D eigenvalue weighted by atomic mass is 19.1. The van der Waals surface area contributed by atoms with Crippen LogP contribution in [0.4, 0.5) is 4.39 Å². The van der Waals surface area contributed by atoms with E-state index in [4.69, 9.17) is 0 Å². The van der Waals surface area contributed by atoms with Crippen LogP contribution in [0, 0.1) is 12.7 Å². The lowest BCUT2D eigenvalue weighted by Crippen LogP contribution is -2.20. The summed E-state index contributed by atoms with van der Waals surface area (Å²) < 4.78 is 16.1. The number of hydrogen-bond donors (Lipinski definition) is 0. The first-order valence-electron chi connectivity index (χ1n) is 10.5. The van der Waals surface area contributed by atoms with E-state index in [2.05, 4.69) is 12.6 Å². The highest BCUT2D eigenvalue weighted by Gasteiger charge is 2.13. The number of aromatic nitrogens is 1. The lowest BCUT2D eigenvalue weighted by Gasteiger charge is -2.15. The van der Waals surface area contributed by atoms with Gasteiger partial charge in [-0.05, 0) is 71.4 Å². The van der Waals surface area contributed by atoms with Crippen LogP contribution in [0.15, 0.2) is 66.1 Å². The zero-order chi connectivity index (χ0) is 22.5. The van der Waals surface area contributed by atoms with Crippen molar-refractivity contribution in [1.82, 2.24) is 4.57 Å². The molecule has 0 radical (unpaired) electrons. The van der Waals surface area contributed by atoms with Crippen molar-refractivity contribution < 1.29 is 9.18 Å². The number of pyridine rings is 1. The quantitative estimate of drug-likeness (QED) is 0.464. The molecule has 31 heavy (non-hydrogen) atoms. The van der Waals surface area contributed by atoms with Gasteiger partial charge in [-0.3, -0.25) is 9.59 Å². The van der Waals surface area contributed by atoms with Crippen molar-refractivity contribution in [3.8, 4) is 11.1 Å². The molecular formula is C27H28FNO2. The zero-order valence-corrected chi connectivity index (χ0v) is 18.4. The second-order valence-electron chi connectivity index (χ2n) is 7.96. The van der Waals surface area contributed by atoms with Crippen molar-refractivity contribution >= 4 is 5.78 Å². The summed E-state index contributed by atoms with van der Waals surface area (Å²) in [7, 11) is 1.75. The first kappa shape index (κ1) is 22.4. The number of hydrogen-bond acceptors (Lipinski definition) is 2. The Balaban J connectivity index is 2.10.